The molecule has 0 bridgehead atoms. The number of nitrogens with zero attached hydrogens (tertiary/aromatic N) is 7. The zero-order valence-electron chi connectivity index (χ0n) is 51.7. The van der Waals surface area contributed by atoms with Crippen molar-refractivity contribution in [1.82, 2.24) is 34.9 Å². The van der Waals surface area contributed by atoms with Gasteiger partial charge in [-0.25, -0.2) is 19.9 Å². The van der Waals surface area contributed by atoms with Crippen LogP contribution in [0, 0.1) is 47.5 Å². The lowest BCUT2D eigenvalue weighted by Gasteiger charge is -2.12. The third kappa shape index (κ3) is 27.4. The maximum atomic E-state index is 12.5. The Bertz CT molecular complexity index is 2690. The van der Waals surface area contributed by atoms with E-state index in [4.69, 9.17) is 25.8 Å². The van der Waals surface area contributed by atoms with Gasteiger partial charge in [-0.05, 0) is 183 Å². The summed E-state index contributed by atoms with van der Waals surface area (Å²) in [6.45, 7) is 44.8. The second-order valence-electron chi connectivity index (χ2n) is 21.3. The van der Waals surface area contributed by atoms with Crippen LogP contribution in [0.15, 0.2) is 104 Å². The molecular formula is C67H99ClFN7O3. The van der Waals surface area contributed by atoms with E-state index in [1.54, 1.807) is 26.5 Å². The Morgan fingerprint density at radius 1 is 0.456 bits per heavy atom. The van der Waals surface area contributed by atoms with Crippen molar-refractivity contribution in [3.63, 3.8) is 0 Å². The minimum atomic E-state index is -0.396. The summed E-state index contributed by atoms with van der Waals surface area (Å²) in [4.78, 5) is 28.5. The standard InChI is InChI=1S/C11H17NO.C10H15NO.C9H12ClNO.C9H12FN.3C9H13N.CH4/c1-5-13-11-10(8(2)3)6-9(4)7-12-11;1-7(2)9-5-8(3)6-11-10(9)12-4;1-6(2)8-4-7(10)5-11-9(8)12-3;1-6(2)8-4-5-9(10)11-7(8)3;1-7(2)9-4-5-10-6-8(9)3;1-7(2)9-4-5-10-8(3)6-9;1-7(2)9-6-10-5-4-8(9)3;/h6-8H,5H2,1-4H3;5-7H,1-4H3;4-6H,1-3H3;4-6H,1-3H3;3*4-7H,1-3H3;1H4. The van der Waals surface area contributed by atoms with E-state index in [1.165, 1.54) is 56.1 Å². The number of ether oxygens (including phenoxy) is 3. The Hall–Kier alpha value is -6.33. The largest absolute Gasteiger partial charge is 0.481 e. The van der Waals surface area contributed by atoms with Crippen molar-refractivity contribution in [3.8, 4) is 17.6 Å². The molecule has 0 fully saturated rings. The lowest BCUT2D eigenvalue weighted by atomic mass is 10.0. The third-order valence-corrected chi connectivity index (χ3v) is 12.3. The molecule has 0 N–H and O–H groups in total. The number of rotatable bonds is 11. The van der Waals surface area contributed by atoms with Gasteiger partial charge in [-0.15, -0.1) is 0 Å². The Labute approximate surface area is 483 Å². The second kappa shape index (κ2) is 38.3. The van der Waals surface area contributed by atoms with Crippen LogP contribution < -0.4 is 14.2 Å². The highest BCUT2D eigenvalue weighted by atomic mass is 35.5. The molecule has 79 heavy (non-hydrogen) atoms. The summed E-state index contributed by atoms with van der Waals surface area (Å²) in [6.07, 6.45) is 14.7. The molecule has 7 heterocycles. The van der Waals surface area contributed by atoms with Gasteiger partial charge in [-0.1, -0.05) is 122 Å². The SMILES string of the molecule is C.CCOc1ncc(C)cc1C(C)C.COc1ncc(C)cc1C(C)C.COc1ncc(Cl)cc1C(C)C.Cc1cc(C(C)C)ccn1.Cc1ccncc1C(C)C.Cc1cnccc1C(C)C.Cc1nc(F)ccc1C(C)C. The van der Waals surface area contributed by atoms with E-state index in [2.05, 4.69) is 189 Å². The topological polar surface area (TPSA) is 118 Å². The van der Waals surface area contributed by atoms with Crippen molar-refractivity contribution in [2.75, 3.05) is 20.8 Å². The van der Waals surface area contributed by atoms with Crippen LogP contribution in [0.2, 0.25) is 5.02 Å². The van der Waals surface area contributed by atoms with Gasteiger partial charge < -0.3 is 14.2 Å². The molecule has 0 atom stereocenters. The average molecular weight is 1110 g/mol. The maximum Gasteiger partial charge on any atom is 0.216 e. The van der Waals surface area contributed by atoms with E-state index >= 15 is 0 Å². The van der Waals surface area contributed by atoms with Crippen molar-refractivity contribution < 1.29 is 18.6 Å². The lowest BCUT2D eigenvalue weighted by molar-refractivity contribution is 0.321. The van der Waals surface area contributed by atoms with Gasteiger partial charge in [0.05, 0.1) is 25.8 Å². The average Bonchev–Trinajstić information content (AvgIpc) is 3.38. The molecule has 7 aromatic heterocycles. The van der Waals surface area contributed by atoms with Crippen molar-refractivity contribution in [2.45, 2.75) is 194 Å². The van der Waals surface area contributed by atoms with E-state index in [1.807, 2.05) is 77.1 Å². The summed E-state index contributed by atoms with van der Waals surface area (Å²) in [6, 6.07) is 17.7. The number of hydrogen-bond donors (Lipinski definition) is 0. The number of halogens is 2. The number of pyridine rings is 7. The Morgan fingerprint density at radius 2 is 0.924 bits per heavy atom. The Morgan fingerprint density at radius 3 is 1.33 bits per heavy atom. The van der Waals surface area contributed by atoms with Gasteiger partial charge in [0.25, 0.3) is 0 Å². The molecule has 0 aliphatic heterocycles. The van der Waals surface area contributed by atoms with E-state index < -0.39 is 5.95 Å². The van der Waals surface area contributed by atoms with Crippen LogP contribution >= 0.6 is 11.6 Å². The van der Waals surface area contributed by atoms with Crippen molar-refractivity contribution in [3.05, 3.63) is 188 Å². The van der Waals surface area contributed by atoms with E-state index in [0.717, 1.165) is 34.3 Å². The van der Waals surface area contributed by atoms with E-state index in [0.29, 0.717) is 58.9 Å². The van der Waals surface area contributed by atoms with Crippen molar-refractivity contribution in [1.29, 1.82) is 0 Å². The fourth-order valence-electron chi connectivity index (χ4n) is 7.73. The van der Waals surface area contributed by atoms with Crippen LogP contribution in [0.5, 0.6) is 17.6 Å². The molecule has 0 saturated carbocycles. The Balaban J connectivity index is 0.000000898. The lowest BCUT2D eigenvalue weighted by Crippen LogP contribution is -2.01. The zero-order valence-corrected chi connectivity index (χ0v) is 52.4. The second-order valence-corrected chi connectivity index (χ2v) is 21.7. The molecule has 10 nitrogen and oxygen atoms in total. The molecule has 0 aromatic carbocycles. The highest BCUT2D eigenvalue weighted by Gasteiger charge is 2.11. The third-order valence-electron chi connectivity index (χ3n) is 12.1. The first-order valence-electron chi connectivity index (χ1n) is 27.3. The summed E-state index contributed by atoms with van der Waals surface area (Å²) in [5.74, 6) is 5.34. The van der Waals surface area contributed by atoms with Gasteiger partial charge in [0.15, 0.2) is 0 Å². The smallest absolute Gasteiger partial charge is 0.216 e. The maximum absolute atomic E-state index is 12.5. The number of methoxy groups -OCH3 is 2. The summed E-state index contributed by atoms with van der Waals surface area (Å²) in [5.41, 5.74) is 15.5. The first kappa shape index (κ1) is 72.7. The predicted octanol–water partition coefficient (Wildman–Crippen LogP) is 19.1. The fraction of sp³-hybridized carbons (Fsp3) is 0.478. The van der Waals surface area contributed by atoms with Crippen LogP contribution in [-0.2, 0) is 0 Å². The van der Waals surface area contributed by atoms with Crippen LogP contribution in [0.1, 0.15) is 225 Å². The number of aryl methyl sites for hydroxylation is 6. The molecule has 0 unspecified atom stereocenters. The molecule has 0 saturated heterocycles. The molecule has 7 rings (SSSR count). The highest BCUT2D eigenvalue weighted by molar-refractivity contribution is 6.30. The molecule has 434 valence electrons. The summed E-state index contributed by atoms with van der Waals surface area (Å²) in [7, 11) is 3.27. The summed E-state index contributed by atoms with van der Waals surface area (Å²) >= 11 is 5.80. The van der Waals surface area contributed by atoms with Gasteiger partial charge in [0.2, 0.25) is 23.6 Å². The van der Waals surface area contributed by atoms with Gasteiger partial charge in [-0.3, -0.25) is 15.0 Å². The predicted molar refractivity (Wildman–Crippen MR) is 333 cm³/mol. The van der Waals surface area contributed by atoms with E-state index in [9.17, 15) is 4.39 Å². The molecule has 0 aliphatic rings. The van der Waals surface area contributed by atoms with Crippen LogP contribution in [0.25, 0.3) is 0 Å². The first-order valence-corrected chi connectivity index (χ1v) is 27.7. The summed E-state index contributed by atoms with van der Waals surface area (Å²) in [5, 5.41) is 0.652. The molecule has 0 amide bonds. The normalized spacial score (nSPS) is 10.3. The highest BCUT2D eigenvalue weighted by Crippen LogP contribution is 2.28. The Kier molecular flexibility index (Phi) is 35.2. The number of aromatic nitrogens is 7. The van der Waals surface area contributed by atoms with Crippen LogP contribution in [0.4, 0.5) is 4.39 Å². The fourth-order valence-corrected chi connectivity index (χ4v) is 7.90. The van der Waals surface area contributed by atoms with Crippen LogP contribution in [0.3, 0.4) is 0 Å². The van der Waals surface area contributed by atoms with Crippen molar-refractivity contribution >= 4 is 11.6 Å². The zero-order chi connectivity index (χ0) is 59.2. The minimum Gasteiger partial charge on any atom is -0.481 e. The summed E-state index contributed by atoms with van der Waals surface area (Å²) < 4.78 is 28.2. The number of hydrogen-bond acceptors (Lipinski definition) is 10. The van der Waals surface area contributed by atoms with Crippen molar-refractivity contribution in [2.24, 2.45) is 0 Å². The minimum absolute atomic E-state index is 0. The molecule has 0 radical (unpaired) electrons. The molecule has 0 aliphatic carbocycles. The first-order chi connectivity index (χ1) is 36.7. The van der Waals surface area contributed by atoms with Gasteiger partial charge >= 0.3 is 0 Å². The monoisotopic (exact) mass is 1100 g/mol. The van der Waals surface area contributed by atoms with E-state index in [-0.39, 0.29) is 7.43 Å². The quantitative estimate of drug-likeness (QED) is 0.116. The molecule has 12 heteroatoms. The molecular weight excluding hydrogens is 1010 g/mol. The van der Waals surface area contributed by atoms with Gasteiger partial charge in [0, 0.05) is 77.7 Å². The molecule has 7 aromatic rings. The van der Waals surface area contributed by atoms with Crippen LogP contribution in [-0.4, -0.2) is 55.7 Å². The van der Waals surface area contributed by atoms with Gasteiger partial charge in [0.1, 0.15) is 0 Å². The molecule has 0 spiro atoms. The van der Waals surface area contributed by atoms with Gasteiger partial charge in [-0.2, -0.15) is 4.39 Å².